The lowest BCUT2D eigenvalue weighted by Crippen LogP contribution is -2.23. The number of fused-ring (bicyclic) bond motifs is 2. The minimum atomic E-state index is 0.0820. The van der Waals surface area contributed by atoms with Crippen LogP contribution in [-0.2, 0) is 0 Å². The van der Waals surface area contributed by atoms with Crippen molar-refractivity contribution in [2.75, 3.05) is 0 Å². The van der Waals surface area contributed by atoms with Crippen LogP contribution in [0.25, 0.3) is 0 Å². The van der Waals surface area contributed by atoms with Gasteiger partial charge in [0.2, 0.25) is 0 Å². The summed E-state index contributed by atoms with van der Waals surface area (Å²) in [5, 5.41) is 0. The molecule has 2 N–H and O–H groups in total. The molecule has 2 aliphatic carbocycles. The van der Waals surface area contributed by atoms with E-state index in [0.717, 1.165) is 23.1 Å². The maximum atomic E-state index is 6.14. The average molecular weight is 231 g/mol. The fraction of sp³-hybridized carbons (Fsp3) is 0.600. The molecule has 4 atom stereocenters. The first kappa shape index (κ1) is 11.1. The van der Waals surface area contributed by atoms with Crippen molar-refractivity contribution in [2.45, 2.75) is 44.8 Å². The van der Waals surface area contributed by atoms with Crippen molar-refractivity contribution in [1.29, 1.82) is 0 Å². The van der Waals surface area contributed by atoms with Gasteiger partial charge >= 0.3 is 0 Å². The second kappa shape index (κ2) is 4.34. The van der Waals surface area contributed by atoms with E-state index in [1.54, 1.807) is 0 Å². The van der Waals surface area contributed by atoms with Crippen LogP contribution in [0.2, 0.25) is 0 Å². The Morgan fingerprint density at radius 1 is 1.29 bits per heavy atom. The topological polar surface area (TPSA) is 35.2 Å². The van der Waals surface area contributed by atoms with Crippen molar-refractivity contribution in [3.63, 3.8) is 0 Å². The van der Waals surface area contributed by atoms with E-state index >= 15 is 0 Å². The minimum absolute atomic E-state index is 0.0820. The summed E-state index contributed by atoms with van der Waals surface area (Å²) in [7, 11) is 0. The molecule has 0 radical (unpaired) electrons. The smallest absolute Gasteiger partial charge is 0.120 e. The summed E-state index contributed by atoms with van der Waals surface area (Å²) in [6.07, 6.45) is 5.88. The van der Waals surface area contributed by atoms with E-state index in [4.69, 9.17) is 10.5 Å². The first-order valence-corrected chi connectivity index (χ1v) is 6.74. The molecule has 1 aromatic carbocycles. The standard InChI is InChI=1S/C15H21NO/c1-10(16)12-3-2-4-14(9-12)17-15-8-11-5-6-13(15)7-11/h2-4,9-11,13,15H,5-8,16H2,1H3/t10-,11?,13?,15?/m1/s1. The lowest BCUT2D eigenvalue weighted by Gasteiger charge is -2.23. The van der Waals surface area contributed by atoms with Crippen molar-refractivity contribution in [1.82, 2.24) is 0 Å². The molecule has 0 saturated heterocycles. The molecular formula is C15H21NO. The van der Waals surface area contributed by atoms with Crippen LogP contribution in [0.4, 0.5) is 0 Å². The average Bonchev–Trinajstić information content (AvgIpc) is 2.91. The van der Waals surface area contributed by atoms with Gasteiger partial charge in [0, 0.05) is 6.04 Å². The highest BCUT2D eigenvalue weighted by Gasteiger charge is 2.40. The van der Waals surface area contributed by atoms with Gasteiger partial charge in [0.1, 0.15) is 11.9 Å². The highest BCUT2D eigenvalue weighted by molar-refractivity contribution is 5.30. The van der Waals surface area contributed by atoms with Gasteiger partial charge in [-0.05, 0) is 62.1 Å². The molecule has 2 saturated carbocycles. The fourth-order valence-electron chi connectivity index (χ4n) is 3.38. The van der Waals surface area contributed by atoms with E-state index in [-0.39, 0.29) is 6.04 Å². The molecule has 17 heavy (non-hydrogen) atoms. The fourth-order valence-corrected chi connectivity index (χ4v) is 3.38. The molecule has 0 aliphatic heterocycles. The second-order valence-electron chi connectivity index (χ2n) is 5.69. The van der Waals surface area contributed by atoms with Crippen LogP contribution >= 0.6 is 0 Å². The molecule has 2 aliphatic rings. The van der Waals surface area contributed by atoms with Crippen LogP contribution in [0.5, 0.6) is 5.75 Å². The maximum absolute atomic E-state index is 6.14. The zero-order valence-corrected chi connectivity index (χ0v) is 10.4. The Kier molecular flexibility index (Phi) is 2.83. The van der Waals surface area contributed by atoms with Gasteiger partial charge in [-0.25, -0.2) is 0 Å². The third-order valence-electron chi connectivity index (χ3n) is 4.34. The molecule has 0 amide bonds. The SMILES string of the molecule is C[C@@H](N)c1cccc(OC2CC3CCC2C3)c1. The highest BCUT2D eigenvalue weighted by Crippen LogP contribution is 2.46. The predicted molar refractivity (Wildman–Crippen MR) is 68.9 cm³/mol. The summed E-state index contributed by atoms with van der Waals surface area (Å²) in [5.74, 6) is 2.73. The molecule has 0 aromatic heterocycles. The van der Waals surface area contributed by atoms with Gasteiger partial charge in [0.15, 0.2) is 0 Å². The molecule has 1 aromatic rings. The van der Waals surface area contributed by atoms with Gasteiger partial charge in [-0.15, -0.1) is 0 Å². The van der Waals surface area contributed by atoms with Crippen molar-refractivity contribution in [2.24, 2.45) is 17.6 Å². The third kappa shape index (κ3) is 2.19. The van der Waals surface area contributed by atoms with E-state index in [9.17, 15) is 0 Å². The van der Waals surface area contributed by atoms with E-state index in [1.165, 1.54) is 25.7 Å². The van der Waals surface area contributed by atoms with Crippen LogP contribution in [0.15, 0.2) is 24.3 Å². The van der Waals surface area contributed by atoms with E-state index in [1.807, 2.05) is 13.0 Å². The lowest BCUT2D eigenvalue weighted by molar-refractivity contribution is 0.138. The normalized spacial score (nSPS) is 32.7. The van der Waals surface area contributed by atoms with Gasteiger partial charge in [-0.1, -0.05) is 12.1 Å². The predicted octanol–water partition coefficient (Wildman–Crippen LogP) is 3.27. The zero-order valence-electron chi connectivity index (χ0n) is 10.4. The van der Waals surface area contributed by atoms with Gasteiger partial charge in [-0.3, -0.25) is 0 Å². The Morgan fingerprint density at radius 2 is 2.18 bits per heavy atom. The van der Waals surface area contributed by atoms with E-state index in [2.05, 4.69) is 18.2 Å². The minimum Gasteiger partial charge on any atom is -0.490 e. The molecule has 92 valence electrons. The molecule has 2 fully saturated rings. The largest absolute Gasteiger partial charge is 0.490 e. The summed E-state index contributed by atoms with van der Waals surface area (Å²) in [5.41, 5.74) is 7.05. The molecule has 3 rings (SSSR count). The summed E-state index contributed by atoms with van der Waals surface area (Å²) in [4.78, 5) is 0. The van der Waals surface area contributed by atoms with Gasteiger partial charge in [0.05, 0.1) is 0 Å². The first-order valence-electron chi connectivity index (χ1n) is 6.74. The molecule has 2 bridgehead atoms. The van der Waals surface area contributed by atoms with Crippen molar-refractivity contribution in [3.05, 3.63) is 29.8 Å². The molecule has 3 unspecified atom stereocenters. The summed E-state index contributed by atoms with van der Waals surface area (Å²) >= 11 is 0. The quantitative estimate of drug-likeness (QED) is 0.866. The van der Waals surface area contributed by atoms with Crippen LogP contribution < -0.4 is 10.5 Å². The number of benzene rings is 1. The Balaban J connectivity index is 1.70. The van der Waals surface area contributed by atoms with Gasteiger partial charge < -0.3 is 10.5 Å². The zero-order chi connectivity index (χ0) is 11.8. The monoisotopic (exact) mass is 231 g/mol. The number of hydrogen-bond acceptors (Lipinski definition) is 2. The van der Waals surface area contributed by atoms with Gasteiger partial charge in [0.25, 0.3) is 0 Å². The summed E-state index contributed by atoms with van der Waals surface area (Å²) in [6.45, 7) is 2.01. The number of rotatable bonds is 3. The van der Waals surface area contributed by atoms with E-state index in [0.29, 0.717) is 6.10 Å². The Hall–Kier alpha value is -1.02. The highest BCUT2D eigenvalue weighted by atomic mass is 16.5. The number of nitrogens with two attached hydrogens (primary N) is 1. The van der Waals surface area contributed by atoms with Gasteiger partial charge in [-0.2, -0.15) is 0 Å². The Labute approximate surface area is 103 Å². The second-order valence-corrected chi connectivity index (χ2v) is 5.69. The van der Waals surface area contributed by atoms with E-state index < -0.39 is 0 Å². The number of ether oxygens (including phenoxy) is 1. The van der Waals surface area contributed by atoms with Crippen LogP contribution in [0.3, 0.4) is 0 Å². The number of hydrogen-bond donors (Lipinski definition) is 1. The molecular weight excluding hydrogens is 210 g/mol. The first-order chi connectivity index (χ1) is 8.22. The molecule has 0 spiro atoms. The maximum Gasteiger partial charge on any atom is 0.120 e. The third-order valence-corrected chi connectivity index (χ3v) is 4.34. The Morgan fingerprint density at radius 3 is 2.82 bits per heavy atom. The van der Waals surface area contributed by atoms with Crippen molar-refractivity contribution >= 4 is 0 Å². The lowest BCUT2D eigenvalue weighted by atomic mass is 9.97. The molecule has 2 heteroatoms. The van der Waals surface area contributed by atoms with Crippen molar-refractivity contribution < 1.29 is 4.74 Å². The summed E-state index contributed by atoms with van der Waals surface area (Å²) < 4.78 is 6.14. The van der Waals surface area contributed by atoms with Crippen LogP contribution in [0, 0.1) is 11.8 Å². The summed E-state index contributed by atoms with van der Waals surface area (Å²) in [6, 6.07) is 8.34. The molecule has 0 heterocycles. The molecule has 2 nitrogen and oxygen atoms in total. The Bertz CT molecular complexity index is 402. The van der Waals surface area contributed by atoms with Crippen LogP contribution in [-0.4, -0.2) is 6.10 Å². The van der Waals surface area contributed by atoms with Crippen molar-refractivity contribution in [3.8, 4) is 5.75 Å². The van der Waals surface area contributed by atoms with Crippen LogP contribution in [0.1, 0.15) is 44.2 Å².